The average molecular weight is 453 g/mol. The van der Waals surface area contributed by atoms with E-state index >= 15 is 0 Å². The lowest BCUT2D eigenvalue weighted by Gasteiger charge is -2.25. The van der Waals surface area contributed by atoms with Crippen molar-refractivity contribution < 1.29 is 14.3 Å². The molecule has 0 saturated carbocycles. The molecule has 4 aromatic rings. The van der Waals surface area contributed by atoms with Gasteiger partial charge in [0.05, 0.1) is 6.61 Å². The molecular formula is C29H26O3P+. The van der Waals surface area contributed by atoms with Gasteiger partial charge in [-0.15, -0.1) is 0 Å². The van der Waals surface area contributed by atoms with Crippen LogP contribution in [0.5, 0.6) is 0 Å². The van der Waals surface area contributed by atoms with Gasteiger partial charge in [-0.1, -0.05) is 84.9 Å². The van der Waals surface area contributed by atoms with E-state index in [1.165, 1.54) is 15.9 Å². The minimum absolute atomic E-state index is 0.247. The summed E-state index contributed by atoms with van der Waals surface area (Å²) < 4.78 is 11.0. The molecule has 0 bridgehead atoms. The standard InChI is InChI=1S/C29H26O3P/c1-2-31-29(30)32-28(24-15-7-3-8-16-24)23-33(25-17-9-4-10-18-25,26-19-11-5-12-20-26)27-21-13-6-14-22-27/h3-23H,2H2,1H3/q+1. The van der Waals surface area contributed by atoms with Crippen molar-refractivity contribution in [2.24, 2.45) is 0 Å². The third-order valence-electron chi connectivity index (χ3n) is 5.32. The monoisotopic (exact) mass is 453 g/mol. The van der Waals surface area contributed by atoms with Gasteiger partial charge in [-0.2, -0.15) is 0 Å². The molecule has 4 heteroatoms. The topological polar surface area (TPSA) is 35.5 Å². The van der Waals surface area contributed by atoms with Gasteiger partial charge in [-0.25, -0.2) is 4.79 Å². The van der Waals surface area contributed by atoms with Crippen molar-refractivity contribution in [2.45, 2.75) is 6.92 Å². The molecule has 4 aromatic carbocycles. The molecule has 0 amide bonds. The minimum atomic E-state index is -2.34. The van der Waals surface area contributed by atoms with Crippen molar-refractivity contribution >= 4 is 35.1 Å². The number of carbonyl (C=O) groups is 1. The minimum Gasteiger partial charge on any atom is -0.434 e. The molecule has 0 aromatic heterocycles. The number of benzene rings is 4. The highest BCUT2D eigenvalue weighted by Crippen LogP contribution is 2.58. The molecule has 0 saturated heterocycles. The highest BCUT2D eigenvalue weighted by molar-refractivity contribution is 7.98. The molecule has 0 aliphatic rings. The summed E-state index contributed by atoms with van der Waals surface area (Å²) in [6.07, 6.45) is -0.708. The fourth-order valence-corrected chi connectivity index (χ4v) is 7.66. The summed E-state index contributed by atoms with van der Waals surface area (Å²) in [7, 11) is -2.34. The Bertz CT molecular complexity index is 1090. The summed E-state index contributed by atoms with van der Waals surface area (Å²) in [4.78, 5) is 12.4. The summed E-state index contributed by atoms with van der Waals surface area (Å²) in [6, 6.07) is 41.0. The Morgan fingerprint density at radius 1 is 0.667 bits per heavy atom. The van der Waals surface area contributed by atoms with Crippen LogP contribution in [0.1, 0.15) is 12.5 Å². The highest BCUT2D eigenvalue weighted by atomic mass is 31.2. The molecule has 0 N–H and O–H groups in total. The molecule has 0 unspecified atom stereocenters. The van der Waals surface area contributed by atoms with Crippen LogP contribution in [0.2, 0.25) is 0 Å². The van der Waals surface area contributed by atoms with E-state index in [-0.39, 0.29) is 6.61 Å². The van der Waals surface area contributed by atoms with Gasteiger partial charge in [0, 0.05) is 5.56 Å². The van der Waals surface area contributed by atoms with Gasteiger partial charge in [0.15, 0.2) is 5.76 Å². The zero-order valence-corrected chi connectivity index (χ0v) is 19.4. The van der Waals surface area contributed by atoms with E-state index in [9.17, 15) is 4.79 Å². The van der Waals surface area contributed by atoms with E-state index in [4.69, 9.17) is 9.47 Å². The van der Waals surface area contributed by atoms with Crippen LogP contribution in [-0.2, 0) is 9.47 Å². The molecule has 3 nitrogen and oxygen atoms in total. The van der Waals surface area contributed by atoms with Gasteiger partial charge >= 0.3 is 6.16 Å². The molecule has 4 rings (SSSR count). The van der Waals surface area contributed by atoms with Gasteiger partial charge in [-0.05, 0) is 43.3 Å². The fraction of sp³-hybridized carbons (Fsp3) is 0.0690. The van der Waals surface area contributed by atoms with Crippen LogP contribution < -0.4 is 15.9 Å². The van der Waals surface area contributed by atoms with Crippen molar-refractivity contribution in [3.63, 3.8) is 0 Å². The first-order valence-electron chi connectivity index (χ1n) is 10.9. The largest absolute Gasteiger partial charge is 0.513 e. The molecule has 164 valence electrons. The first-order chi connectivity index (χ1) is 16.2. The summed E-state index contributed by atoms with van der Waals surface area (Å²) in [5.74, 6) is 2.62. The molecule has 0 aliphatic heterocycles. The SMILES string of the molecule is CCOC(=O)OC(=C[P+](c1ccccc1)(c1ccccc1)c1ccccc1)c1ccccc1. The van der Waals surface area contributed by atoms with Crippen LogP contribution >= 0.6 is 7.26 Å². The molecule has 0 heterocycles. The zero-order valence-electron chi connectivity index (χ0n) is 18.5. The second kappa shape index (κ2) is 10.8. The van der Waals surface area contributed by atoms with Gasteiger partial charge < -0.3 is 9.47 Å². The summed E-state index contributed by atoms with van der Waals surface area (Å²) in [5.41, 5.74) is 0.817. The predicted molar refractivity (Wildman–Crippen MR) is 138 cm³/mol. The summed E-state index contributed by atoms with van der Waals surface area (Å²) >= 11 is 0. The lowest BCUT2D eigenvalue weighted by atomic mass is 10.2. The Labute approximate surface area is 195 Å². The number of carbonyl (C=O) groups excluding carboxylic acids is 1. The lowest BCUT2D eigenvalue weighted by molar-refractivity contribution is 0.0954. The molecule has 0 radical (unpaired) electrons. The van der Waals surface area contributed by atoms with Crippen molar-refractivity contribution in [3.05, 3.63) is 133 Å². The third-order valence-corrected chi connectivity index (χ3v) is 9.27. The Morgan fingerprint density at radius 2 is 1.06 bits per heavy atom. The Hall–Kier alpha value is -3.68. The smallest absolute Gasteiger partial charge is 0.434 e. The van der Waals surface area contributed by atoms with Crippen LogP contribution in [0.3, 0.4) is 0 Å². The van der Waals surface area contributed by atoms with Gasteiger partial charge in [0.1, 0.15) is 29.0 Å². The van der Waals surface area contributed by atoms with E-state index < -0.39 is 13.4 Å². The average Bonchev–Trinajstić information content (AvgIpc) is 2.89. The van der Waals surface area contributed by atoms with E-state index in [0.717, 1.165) is 5.56 Å². The van der Waals surface area contributed by atoms with E-state index in [1.807, 2.05) is 48.5 Å². The van der Waals surface area contributed by atoms with Gasteiger partial charge in [0.25, 0.3) is 0 Å². The van der Waals surface area contributed by atoms with Crippen molar-refractivity contribution in [1.82, 2.24) is 0 Å². The fourth-order valence-electron chi connectivity index (χ4n) is 3.84. The number of hydrogen-bond acceptors (Lipinski definition) is 3. The van der Waals surface area contributed by atoms with E-state index in [0.29, 0.717) is 5.76 Å². The van der Waals surface area contributed by atoms with Gasteiger partial charge in [0.2, 0.25) is 0 Å². The molecule has 0 aliphatic carbocycles. The number of rotatable bonds is 7. The lowest BCUT2D eigenvalue weighted by Crippen LogP contribution is -2.30. The number of ether oxygens (including phenoxy) is 2. The highest BCUT2D eigenvalue weighted by Gasteiger charge is 2.45. The Morgan fingerprint density at radius 3 is 1.45 bits per heavy atom. The van der Waals surface area contributed by atoms with E-state index in [1.54, 1.807) is 6.92 Å². The first kappa shape index (κ1) is 22.5. The molecule has 0 spiro atoms. The predicted octanol–water partition coefficient (Wildman–Crippen LogP) is 6.15. The van der Waals surface area contributed by atoms with Gasteiger partial charge in [-0.3, -0.25) is 0 Å². The summed E-state index contributed by atoms with van der Waals surface area (Å²) in [6.45, 7) is 2.01. The molecular weight excluding hydrogens is 427 g/mol. The summed E-state index contributed by atoms with van der Waals surface area (Å²) in [5, 5.41) is 3.51. The van der Waals surface area contributed by atoms with Crippen LogP contribution in [0.4, 0.5) is 4.79 Å². The maximum Gasteiger partial charge on any atom is 0.513 e. The Balaban J connectivity index is 2.04. The molecule has 33 heavy (non-hydrogen) atoms. The van der Waals surface area contributed by atoms with Crippen molar-refractivity contribution in [2.75, 3.05) is 6.61 Å². The number of hydrogen-bond donors (Lipinski definition) is 0. The normalized spacial score (nSPS) is 11.6. The van der Waals surface area contributed by atoms with Crippen molar-refractivity contribution in [1.29, 1.82) is 0 Å². The second-order valence-electron chi connectivity index (χ2n) is 7.37. The van der Waals surface area contributed by atoms with Crippen molar-refractivity contribution in [3.8, 4) is 0 Å². The third kappa shape index (κ3) is 5.05. The first-order valence-corrected chi connectivity index (χ1v) is 12.8. The zero-order chi connectivity index (χ0) is 22.9. The quantitative estimate of drug-likeness (QED) is 0.191. The van der Waals surface area contributed by atoms with Crippen LogP contribution in [0, 0.1) is 0 Å². The van der Waals surface area contributed by atoms with Crippen LogP contribution in [-0.4, -0.2) is 12.8 Å². The van der Waals surface area contributed by atoms with Crippen LogP contribution in [0.25, 0.3) is 5.76 Å². The molecule has 0 atom stereocenters. The second-order valence-corrected chi connectivity index (χ2v) is 10.6. The molecule has 0 fully saturated rings. The maximum atomic E-state index is 12.4. The van der Waals surface area contributed by atoms with E-state index in [2.05, 4.69) is 78.6 Å². The maximum absolute atomic E-state index is 12.4. The Kier molecular flexibility index (Phi) is 7.34. The van der Waals surface area contributed by atoms with Crippen LogP contribution in [0.15, 0.2) is 127 Å².